The molecule has 62 valence electrons. The average Bonchev–Trinajstić information content (AvgIpc) is 2.04. The summed E-state index contributed by atoms with van der Waals surface area (Å²) in [6, 6.07) is 0. The second-order valence-corrected chi connectivity index (χ2v) is 3.66. The molecule has 0 bridgehead atoms. The third-order valence-corrected chi connectivity index (χ3v) is 3.34. The zero-order chi connectivity index (χ0) is 8.06. The maximum absolute atomic E-state index is 13.0. The highest BCUT2D eigenvalue weighted by molar-refractivity contribution is 5.77. The monoisotopic (exact) mass is 158 g/mol. The molecule has 0 aliphatic heterocycles. The topological polar surface area (TPSA) is 37.3 Å². The predicted octanol–water partition coefficient (Wildman–Crippen LogP) is 1.60. The molecule has 0 saturated heterocycles. The van der Waals surface area contributed by atoms with Gasteiger partial charge in [0.15, 0.2) is 0 Å². The summed E-state index contributed by atoms with van der Waals surface area (Å²) in [5, 5.41) is 8.85. The normalized spacial score (nSPS) is 48.1. The van der Waals surface area contributed by atoms with Gasteiger partial charge in [-0.05, 0) is 25.7 Å². The lowest BCUT2D eigenvalue weighted by atomic mass is 9.62. The molecule has 2 nitrogen and oxygen atoms in total. The number of carboxylic acids is 1. The van der Waals surface area contributed by atoms with E-state index in [-0.39, 0.29) is 5.92 Å². The van der Waals surface area contributed by atoms with Crippen LogP contribution in [-0.4, -0.2) is 17.2 Å². The van der Waals surface area contributed by atoms with Crippen molar-refractivity contribution in [3.63, 3.8) is 0 Å². The van der Waals surface area contributed by atoms with Gasteiger partial charge in [0, 0.05) is 5.92 Å². The quantitative estimate of drug-likeness (QED) is 0.629. The van der Waals surface area contributed by atoms with Crippen molar-refractivity contribution in [2.45, 2.75) is 31.9 Å². The van der Waals surface area contributed by atoms with Crippen LogP contribution in [-0.2, 0) is 4.79 Å². The number of hydrogen-bond acceptors (Lipinski definition) is 1. The van der Waals surface area contributed by atoms with Crippen LogP contribution in [0.15, 0.2) is 0 Å². The van der Waals surface area contributed by atoms with E-state index in [1.807, 2.05) is 0 Å². The summed E-state index contributed by atoms with van der Waals surface area (Å²) in [6.45, 7) is 0. The fourth-order valence-corrected chi connectivity index (χ4v) is 2.47. The van der Waals surface area contributed by atoms with Crippen molar-refractivity contribution in [1.82, 2.24) is 0 Å². The molecule has 2 aliphatic rings. The molecule has 2 fully saturated rings. The van der Waals surface area contributed by atoms with Crippen LogP contribution in [0.3, 0.4) is 0 Å². The Bertz CT molecular complexity index is 204. The van der Waals surface area contributed by atoms with E-state index >= 15 is 0 Å². The van der Waals surface area contributed by atoms with Gasteiger partial charge in [-0.1, -0.05) is 0 Å². The summed E-state index contributed by atoms with van der Waals surface area (Å²) in [5.41, 5.74) is -0.653. The smallest absolute Gasteiger partial charge is 0.310 e. The van der Waals surface area contributed by atoms with Gasteiger partial charge in [0.2, 0.25) is 0 Å². The minimum Gasteiger partial charge on any atom is -0.481 e. The standard InChI is InChI=1S/C8H11FO2/c9-6-2-4-8(7(10)11)3-1-5(6)8/h5-6H,1-4H2,(H,10,11)/t5-,6+,8-/m0/s1. The van der Waals surface area contributed by atoms with Gasteiger partial charge in [-0.2, -0.15) is 0 Å². The molecular weight excluding hydrogens is 147 g/mol. The molecule has 2 rings (SSSR count). The van der Waals surface area contributed by atoms with Crippen molar-refractivity contribution in [2.24, 2.45) is 11.3 Å². The third kappa shape index (κ3) is 0.686. The molecule has 1 N–H and O–H groups in total. The van der Waals surface area contributed by atoms with Gasteiger partial charge < -0.3 is 5.11 Å². The van der Waals surface area contributed by atoms with Crippen molar-refractivity contribution in [3.05, 3.63) is 0 Å². The largest absolute Gasteiger partial charge is 0.481 e. The van der Waals surface area contributed by atoms with Crippen molar-refractivity contribution in [1.29, 1.82) is 0 Å². The van der Waals surface area contributed by atoms with E-state index < -0.39 is 17.6 Å². The zero-order valence-corrected chi connectivity index (χ0v) is 6.22. The molecule has 0 aromatic carbocycles. The van der Waals surface area contributed by atoms with Crippen LogP contribution in [0.2, 0.25) is 0 Å². The van der Waals surface area contributed by atoms with Crippen LogP contribution >= 0.6 is 0 Å². The minimum absolute atomic E-state index is 0.167. The van der Waals surface area contributed by atoms with E-state index in [0.717, 1.165) is 6.42 Å². The molecule has 11 heavy (non-hydrogen) atoms. The maximum atomic E-state index is 13.0. The van der Waals surface area contributed by atoms with Gasteiger partial charge >= 0.3 is 5.97 Å². The molecule has 2 saturated carbocycles. The average molecular weight is 158 g/mol. The first-order valence-corrected chi connectivity index (χ1v) is 4.04. The van der Waals surface area contributed by atoms with E-state index in [0.29, 0.717) is 19.3 Å². The van der Waals surface area contributed by atoms with Gasteiger partial charge in [-0.15, -0.1) is 0 Å². The van der Waals surface area contributed by atoms with E-state index in [4.69, 9.17) is 5.11 Å². The molecule has 0 aromatic heterocycles. The zero-order valence-electron chi connectivity index (χ0n) is 6.22. The Balaban J connectivity index is 2.22. The summed E-state index contributed by atoms with van der Waals surface area (Å²) in [5.74, 6) is -0.950. The number of hydrogen-bond donors (Lipinski definition) is 1. The van der Waals surface area contributed by atoms with Crippen LogP contribution < -0.4 is 0 Å². The van der Waals surface area contributed by atoms with Crippen molar-refractivity contribution < 1.29 is 14.3 Å². The number of carbonyl (C=O) groups is 1. The molecule has 0 radical (unpaired) electrons. The molecule has 0 heterocycles. The number of rotatable bonds is 1. The van der Waals surface area contributed by atoms with Crippen molar-refractivity contribution in [2.75, 3.05) is 0 Å². The number of alkyl halides is 1. The second-order valence-electron chi connectivity index (χ2n) is 3.66. The maximum Gasteiger partial charge on any atom is 0.310 e. The van der Waals surface area contributed by atoms with Crippen LogP contribution in [0, 0.1) is 11.3 Å². The Morgan fingerprint density at radius 3 is 2.36 bits per heavy atom. The lowest BCUT2D eigenvalue weighted by Crippen LogP contribution is -2.45. The summed E-state index contributed by atoms with van der Waals surface area (Å²) < 4.78 is 13.0. The fourth-order valence-electron chi connectivity index (χ4n) is 2.47. The number of fused-ring (bicyclic) bond motifs is 1. The molecule has 0 unspecified atom stereocenters. The summed E-state index contributed by atoms with van der Waals surface area (Å²) in [4.78, 5) is 10.8. The van der Waals surface area contributed by atoms with Crippen molar-refractivity contribution >= 4 is 5.97 Å². The minimum atomic E-state index is -0.847. The summed E-state index contributed by atoms with van der Waals surface area (Å²) in [6.07, 6.45) is 1.62. The van der Waals surface area contributed by atoms with Crippen LogP contribution in [0.1, 0.15) is 25.7 Å². The first-order chi connectivity index (χ1) is 5.17. The lowest BCUT2D eigenvalue weighted by Gasteiger charge is -2.41. The van der Waals surface area contributed by atoms with Crippen LogP contribution in [0.5, 0.6) is 0 Å². The first-order valence-electron chi connectivity index (χ1n) is 4.04. The fraction of sp³-hybridized carbons (Fsp3) is 0.875. The highest BCUT2D eigenvalue weighted by Gasteiger charge is 2.59. The number of carboxylic acid groups (broad SMARTS) is 1. The van der Waals surface area contributed by atoms with Crippen LogP contribution in [0.25, 0.3) is 0 Å². The highest BCUT2D eigenvalue weighted by Crippen LogP contribution is 2.58. The third-order valence-electron chi connectivity index (χ3n) is 3.34. The molecule has 0 amide bonds. The Hall–Kier alpha value is -0.600. The summed E-state index contributed by atoms with van der Waals surface area (Å²) in [7, 11) is 0. The number of aliphatic carboxylic acids is 1. The highest BCUT2D eigenvalue weighted by atomic mass is 19.1. The molecular formula is C8H11FO2. The van der Waals surface area contributed by atoms with Crippen molar-refractivity contribution in [3.8, 4) is 0 Å². The Morgan fingerprint density at radius 2 is 2.09 bits per heavy atom. The molecule has 2 aliphatic carbocycles. The molecule has 3 heteroatoms. The van der Waals surface area contributed by atoms with E-state index in [2.05, 4.69) is 0 Å². The number of halogens is 1. The second kappa shape index (κ2) is 1.96. The van der Waals surface area contributed by atoms with Gasteiger partial charge in [0.1, 0.15) is 6.17 Å². The van der Waals surface area contributed by atoms with E-state index in [9.17, 15) is 9.18 Å². The Morgan fingerprint density at radius 1 is 1.45 bits per heavy atom. The van der Waals surface area contributed by atoms with Gasteiger partial charge in [-0.3, -0.25) is 4.79 Å². The lowest BCUT2D eigenvalue weighted by molar-refractivity contribution is -0.160. The van der Waals surface area contributed by atoms with Gasteiger partial charge in [-0.25, -0.2) is 4.39 Å². The molecule has 3 atom stereocenters. The molecule has 0 spiro atoms. The summed E-state index contributed by atoms with van der Waals surface area (Å²) >= 11 is 0. The molecule has 0 aromatic rings. The Labute approximate surface area is 64.4 Å². The van der Waals surface area contributed by atoms with Crippen LogP contribution in [0.4, 0.5) is 4.39 Å². The SMILES string of the molecule is O=C(O)[C@@]12CC[C@@H](F)[C@@H]1CC2. The predicted molar refractivity (Wildman–Crippen MR) is 36.9 cm³/mol. The van der Waals surface area contributed by atoms with Gasteiger partial charge in [0.25, 0.3) is 0 Å². The first kappa shape index (κ1) is 7.07. The van der Waals surface area contributed by atoms with Gasteiger partial charge in [0.05, 0.1) is 5.41 Å². The Kier molecular flexibility index (Phi) is 1.26. The van der Waals surface area contributed by atoms with E-state index in [1.54, 1.807) is 0 Å². The van der Waals surface area contributed by atoms with E-state index in [1.165, 1.54) is 0 Å².